The maximum Gasteiger partial charge on any atom is 0.270 e. The summed E-state index contributed by atoms with van der Waals surface area (Å²) in [5.74, 6) is -0.453. The third kappa shape index (κ3) is 3.05. The maximum absolute atomic E-state index is 12.4. The van der Waals surface area contributed by atoms with Crippen LogP contribution in [0.1, 0.15) is 23.7 Å². The number of sulfone groups is 1. The molecular weight excluding hydrogens is 296 g/mol. The number of nitro benzene ring substituents is 1. The van der Waals surface area contributed by atoms with Crippen LogP contribution in [0.15, 0.2) is 24.3 Å². The quantitative estimate of drug-likeness (QED) is 0.618. The molecule has 0 saturated carbocycles. The predicted molar refractivity (Wildman–Crippen MR) is 76.9 cm³/mol. The fourth-order valence-corrected chi connectivity index (χ4v) is 4.63. The van der Waals surface area contributed by atoms with Crippen LogP contribution >= 0.6 is 0 Å². The van der Waals surface area contributed by atoms with E-state index in [9.17, 15) is 23.3 Å². The lowest BCUT2D eigenvalue weighted by Crippen LogP contribution is -2.48. The highest BCUT2D eigenvalue weighted by Gasteiger charge is 2.43. The smallest absolute Gasteiger partial charge is 0.270 e. The van der Waals surface area contributed by atoms with E-state index in [1.165, 1.54) is 36.2 Å². The Balaban J connectivity index is 2.28. The summed E-state index contributed by atoms with van der Waals surface area (Å²) in [7, 11) is -1.61. The lowest BCUT2D eigenvalue weighted by Gasteiger charge is -2.34. The molecule has 1 atom stereocenters. The normalized spacial score (nSPS) is 23.7. The van der Waals surface area contributed by atoms with Gasteiger partial charge in [-0.3, -0.25) is 14.9 Å². The van der Waals surface area contributed by atoms with E-state index in [1.54, 1.807) is 6.92 Å². The summed E-state index contributed by atoms with van der Waals surface area (Å²) in [6.45, 7) is 1.72. The van der Waals surface area contributed by atoms with E-state index < -0.39 is 26.2 Å². The van der Waals surface area contributed by atoms with Crippen molar-refractivity contribution in [2.45, 2.75) is 18.9 Å². The second kappa shape index (κ2) is 5.10. The van der Waals surface area contributed by atoms with Gasteiger partial charge >= 0.3 is 0 Å². The number of nitro groups is 1. The SMILES string of the molecule is CN(C(=O)c1cccc([N+](=O)[O-])c1)[C@@]1(C)CCS(=O)(=O)C1. The highest BCUT2D eigenvalue weighted by Crippen LogP contribution is 2.30. The van der Waals surface area contributed by atoms with Crippen LogP contribution in [0.3, 0.4) is 0 Å². The van der Waals surface area contributed by atoms with Crippen LogP contribution in [0.4, 0.5) is 5.69 Å². The van der Waals surface area contributed by atoms with Crippen molar-refractivity contribution in [3.63, 3.8) is 0 Å². The van der Waals surface area contributed by atoms with Crippen LogP contribution in [0.5, 0.6) is 0 Å². The molecule has 1 heterocycles. The van der Waals surface area contributed by atoms with Gasteiger partial charge in [0.05, 0.1) is 22.0 Å². The van der Waals surface area contributed by atoms with Crippen molar-refractivity contribution < 1.29 is 18.1 Å². The van der Waals surface area contributed by atoms with Gasteiger partial charge in [0.2, 0.25) is 0 Å². The van der Waals surface area contributed by atoms with Crippen molar-refractivity contribution in [1.82, 2.24) is 4.90 Å². The van der Waals surface area contributed by atoms with Gasteiger partial charge in [-0.15, -0.1) is 0 Å². The highest BCUT2D eigenvalue weighted by atomic mass is 32.2. The Morgan fingerprint density at radius 3 is 2.62 bits per heavy atom. The molecule has 2 rings (SSSR count). The number of rotatable bonds is 3. The minimum absolute atomic E-state index is 0.0516. The number of carbonyl (C=O) groups excluding carboxylic acids is 1. The molecule has 0 aliphatic carbocycles. The molecule has 0 bridgehead atoms. The Morgan fingerprint density at radius 2 is 2.10 bits per heavy atom. The van der Waals surface area contributed by atoms with Gasteiger partial charge in [0.15, 0.2) is 9.84 Å². The van der Waals surface area contributed by atoms with E-state index >= 15 is 0 Å². The summed E-state index contributed by atoms with van der Waals surface area (Å²) in [6, 6.07) is 5.43. The molecule has 8 heteroatoms. The minimum atomic E-state index is -3.14. The summed E-state index contributed by atoms with van der Waals surface area (Å²) in [6.07, 6.45) is 0.368. The fraction of sp³-hybridized carbons (Fsp3) is 0.462. The number of hydrogen-bond donors (Lipinski definition) is 0. The third-order valence-electron chi connectivity index (χ3n) is 3.90. The number of non-ortho nitro benzene ring substituents is 1. The van der Waals surface area contributed by atoms with Gasteiger partial charge in [0, 0.05) is 24.7 Å². The Labute approximate surface area is 122 Å². The molecule has 1 amide bonds. The van der Waals surface area contributed by atoms with E-state index in [4.69, 9.17) is 0 Å². The molecule has 0 spiro atoms. The predicted octanol–water partition coefficient (Wildman–Crippen LogP) is 1.24. The molecule has 21 heavy (non-hydrogen) atoms. The molecule has 1 aromatic rings. The van der Waals surface area contributed by atoms with Gasteiger partial charge in [0.1, 0.15) is 0 Å². The second-order valence-electron chi connectivity index (χ2n) is 5.51. The molecule has 1 aliphatic heterocycles. The average molecular weight is 312 g/mol. The van der Waals surface area contributed by atoms with Crippen LogP contribution in [0.2, 0.25) is 0 Å². The highest BCUT2D eigenvalue weighted by molar-refractivity contribution is 7.91. The monoisotopic (exact) mass is 312 g/mol. The van der Waals surface area contributed by atoms with E-state index in [-0.39, 0.29) is 22.8 Å². The number of nitrogens with zero attached hydrogens (tertiary/aromatic N) is 2. The van der Waals surface area contributed by atoms with Crippen LogP contribution in [0, 0.1) is 10.1 Å². The van der Waals surface area contributed by atoms with Crippen molar-refractivity contribution in [3.8, 4) is 0 Å². The number of hydrogen-bond acceptors (Lipinski definition) is 5. The van der Waals surface area contributed by atoms with Crippen LogP contribution in [-0.4, -0.2) is 48.2 Å². The number of carbonyl (C=O) groups is 1. The summed E-state index contributed by atoms with van der Waals surface area (Å²) < 4.78 is 23.3. The molecule has 0 unspecified atom stereocenters. The topological polar surface area (TPSA) is 97.6 Å². The van der Waals surface area contributed by atoms with E-state index in [2.05, 4.69) is 0 Å². The second-order valence-corrected chi connectivity index (χ2v) is 7.69. The summed E-state index contributed by atoms with van der Waals surface area (Å²) in [5, 5.41) is 10.8. The van der Waals surface area contributed by atoms with Gasteiger partial charge in [0.25, 0.3) is 11.6 Å². The molecule has 0 radical (unpaired) electrons. The lowest BCUT2D eigenvalue weighted by molar-refractivity contribution is -0.384. The Morgan fingerprint density at radius 1 is 1.43 bits per heavy atom. The Hall–Kier alpha value is -1.96. The van der Waals surface area contributed by atoms with Gasteiger partial charge in [-0.25, -0.2) is 8.42 Å². The first-order valence-corrected chi connectivity index (χ1v) is 8.20. The average Bonchev–Trinajstić information content (AvgIpc) is 2.72. The summed E-state index contributed by atoms with van der Waals surface area (Å²) in [5.41, 5.74) is -0.767. The first kappa shape index (κ1) is 15.4. The maximum atomic E-state index is 12.4. The van der Waals surface area contributed by atoms with Crippen molar-refractivity contribution in [1.29, 1.82) is 0 Å². The standard InChI is InChI=1S/C13H16N2O5S/c1-13(6-7-21(19,20)9-13)14(2)12(16)10-4-3-5-11(8-10)15(17)18/h3-5,8H,6-7,9H2,1-2H3/t13-/m0/s1. The zero-order valence-corrected chi connectivity index (χ0v) is 12.6. The molecule has 114 valence electrons. The summed E-state index contributed by atoms with van der Waals surface area (Å²) in [4.78, 5) is 24.0. The van der Waals surface area contributed by atoms with Crippen LogP contribution < -0.4 is 0 Å². The molecule has 7 nitrogen and oxygen atoms in total. The van der Waals surface area contributed by atoms with Crippen molar-refractivity contribution in [2.24, 2.45) is 0 Å². The van der Waals surface area contributed by atoms with E-state index in [0.717, 1.165) is 0 Å². The third-order valence-corrected chi connectivity index (χ3v) is 5.79. The molecule has 1 aromatic carbocycles. The molecule has 0 N–H and O–H groups in total. The van der Waals surface area contributed by atoms with E-state index in [1.807, 2.05) is 0 Å². The zero-order valence-electron chi connectivity index (χ0n) is 11.8. The van der Waals surface area contributed by atoms with Crippen LogP contribution in [-0.2, 0) is 9.84 Å². The first-order chi connectivity index (χ1) is 9.65. The van der Waals surface area contributed by atoms with Crippen LogP contribution in [0.25, 0.3) is 0 Å². The van der Waals surface area contributed by atoms with Gasteiger partial charge in [-0.05, 0) is 19.4 Å². The van der Waals surface area contributed by atoms with Gasteiger partial charge < -0.3 is 4.90 Å². The number of amides is 1. The van der Waals surface area contributed by atoms with E-state index in [0.29, 0.717) is 6.42 Å². The van der Waals surface area contributed by atoms with Gasteiger partial charge in [-0.2, -0.15) is 0 Å². The summed E-state index contributed by atoms with van der Waals surface area (Å²) >= 11 is 0. The van der Waals surface area contributed by atoms with Crippen molar-refractivity contribution in [2.75, 3.05) is 18.6 Å². The lowest BCUT2D eigenvalue weighted by atomic mass is 9.99. The largest absolute Gasteiger partial charge is 0.335 e. The minimum Gasteiger partial charge on any atom is -0.335 e. The van der Waals surface area contributed by atoms with Crippen molar-refractivity contribution >= 4 is 21.4 Å². The fourth-order valence-electron chi connectivity index (χ4n) is 2.45. The Bertz CT molecular complexity index is 700. The molecule has 1 fully saturated rings. The first-order valence-electron chi connectivity index (χ1n) is 6.38. The molecular formula is C13H16N2O5S. The van der Waals surface area contributed by atoms with Crippen molar-refractivity contribution in [3.05, 3.63) is 39.9 Å². The molecule has 1 aliphatic rings. The molecule has 1 saturated heterocycles. The molecule has 0 aromatic heterocycles. The Kier molecular flexibility index (Phi) is 3.75. The zero-order chi connectivity index (χ0) is 15.8. The number of benzene rings is 1. The van der Waals surface area contributed by atoms with Gasteiger partial charge in [-0.1, -0.05) is 6.07 Å².